The van der Waals surface area contributed by atoms with Gasteiger partial charge in [0.2, 0.25) is 0 Å². The van der Waals surface area contributed by atoms with E-state index in [4.69, 9.17) is 4.52 Å². The molecule has 3 rings (SSSR count). The largest absolute Gasteiger partial charge is 0.359 e. The Balaban J connectivity index is 2.11. The highest BCUT2D eigenvalue weighted by atomic mass is 16.5. The molecule has 19 heavy (non-hydrogen) atoms. The van der Waals surface area contributed by atoms with E-state index in [1.165, 1.54) is 19.3 Å². The number of aryl methyl sites for hydroxylation is 2. The predicted octanol–water partition coefficient (Wildman–Crippen LogP) is 2.21. The van der Waals surface area contributed by atoms with Gasteiger partial charge in [-0.05, 0) is 26.7 Å². The normalized spacial score (nSPS) is 16.9. The summed E-state index contributed by atoms with van der Waals surface area (Å²) in [7, 11) is 0. The minimum atomic E-state index is -0.213. The van der Waals surface area contributed by atoms with Crippen molar-refractivity contribution >= 4 is 0 Å². The average Bonchev–Trinajstić information content (AvgIpc) is 2.94. The van der Waals surface area contributed by atoms with E-state index in [1.807, 2.05) is 13.8 Å². The lowest BCUT2D eigenvalue weighted by Gasteiger charge is -2.20. The molecule has 0 aromatic carbocycles. The Hall–Kier alpha value is -1.85. The van der Waals surface area contributed by atoms with E-state index in [1.54, 1.807) is 4.57 Å². The van der Waals surface area contributed by atoms with Gasteiger partial charge in [-0.25, -0.2) is 14.5 Å². The van der Waals surface area contributed by atoms with Crippen LogP contribution in [-0.2, 0) is 0 Å². The lowest BCUT2D eigenvalue weighted by atomic mass is 9.88. The van der Waals surface area contributed by atoms with Crippen molar-refractivity contribution in [3.63, 3.8) is 0 Å². The van der Waals surface area contributed by atoms with Crippen molar-refractivity contribution in [1.29, 1.82) is 0 Å². The molecule has 1 aliphatic rings. The molecule has 1 fully saturated rings. The van der Waals surface area contributed by atoms with Gasteiger partial charge in [-0.2, -0.15) is 5.10 Å². The van der Waals surface area contributed by atoms with Crippen LogP contribution in [0.4, 0.5) is 0 Å². The Morgan fingerprint density at radius 1 is 1.26 bits per heavy atom. The zero-order valence-corrected chi connectivity index (χ0v) is 11.3. The first-order valence-corrected chi connectivity index (χ1v) is 6.79. The number of aromatic amines is 1. The first-order valence-electron chi connectivity index (χ1n) is 6.79. The second-order valence-electron chi connectivity index (χ2n) is 5.23. The van der Waals surface area contributed by atoms with Crippen molar-refractivity contribution in [2.24, 2.45) is 0 Å². The molecule has 6 heteroatoms. The van der Waals surface area contributed by atoms with E-state index in [0.29, 0.717) is 11.7 Å². The van der Waals surface area contributed by atoms with E-state index in [0.717, 1.165) is 30.0 Å². The van der Waals surface area contributed by atoms with Crippen LogP contribution in [0.3, 0.4) is 0 Å². The number of hydrogen-bond donors (Lipinski definition) is 1. The highest BCUT2D eigenvalue weighted by Crippen LogP contribution is 2.32. The Bertz CT molecular complexity index is 612. The maximum absolute atomic E-state index is 12.1. The molecule has 2 aromatic rings. The van der Waals surface area contributed by atoms with Gasteiger partial charge < -0.3 is 4.52 Å². The first kappa shape index (κ1) is 12.2. The maximum atomic E-state index is 12.1. The second kappa shape index (κ2) is 4.68. The lowest BCUT2D eigenvalue weighted by molar-refractivity contribution is 0.392. The van der Waals surface area contributed by atoms with Crippen LogP contribution in [0, 0.1) is 13.8 Å². The SMILES string of the molecule is Cc1noc(C)c1-n1c(C2CCCCC2)n[nH]c1=O. The fourth-order valence-electron chi connectivity index (χ4n) is 2.96. The lowest BCUT2D eigenvalue weighted by Crippen LogP contribution is -2.20. The summed E-state index contributed by atoms with van der Waals surface area (Å²) in [6.45, 7) is 3.66. The third-order valence-corrected chi connectivity index (χ3v) is 3.89. The van der Waals surface area contributed by atoms with Crippen molar-refractivity contribution in [3.8, 4) is 5.69 Å². The molecule has 2 aromatic heterocycles. The Kier molecular flexibility index (Phi) is 3.00. The summed E-state index contributed by atoms with van der Waals surface area (Å²) >= 11 is 0. The van der Waals surface area contributed by atoms with E-state index in [9.17, 15) is 4.79 Å². The molecule has 0 radical (unpaired) electrons. The zero-order chi connectivity index (χ0) is 13.4. The molecule has 102 valence electrons. The van der Waals surface area contributed by atoms with E-state index < -0.39 is 0 Å². The molecule has 6 nitrogen and oxygen atoms in total. The van der Waals surface area contributed by atoms with Gasteiger partial charge in [0, 0.05) is 5.92 Å². The fourth-order valence-corrected chi connectivity index (χ4v) is 2.96. The molecule has 0 atom stereocenters. The molecular weight excluding hydrogens is 244 g/mol. The molecular formula is C13H18N4O2. The van der Waals surface area contributed by atoms with E-state index >= 15 is 0 Å². The maximum Gasteiger partial charge on any atom is 0.348 e. The number of aromatic nitrogens is 4. The fraction of sp³-hybridized carbons (Fsp3) is 0.615. The third-order valence-electron chi connectivity index (χ3n) is 3.89. The standard InChI is InChI=1S/C13H18N4O2/c1-8-11(9(2)19-16-8)17-12(14-15-13(17)18)10-6-4-3-5-7-10/h10H,3-7H2,1-2H3,(H,15,18). The van der Waals surface area contributed by atoms with E-state index in [-0.39, 0.29) is 5.69 Å². The highest BCUT2D eigenvalue weighted by molar-refractivity contribution is 5.39. The summed E-state index contributed by atoms with van der Waals surface area (Å²) in [5.74, 6) is 1.82. The molecule has 0 amide bonds. The molecule has 0 aliphatic heterocycles. The zero-order valence-electron chi connectivity index (χ0n) is 11.3. The molecule has 1 aliphatic carbocycles. The minimum absolute atomic E-state index is 0.213. The molecule has 0 saturated heterocycles. The molecule has 0 unspecified atom stereocenters. The molecule has 2 heterocycles. The van der Waals surface area contributed by atoms with Crippen LogP contribution in [0.25, 0.3) is 5.69 Å². The van der Waals surface area contributed by atoms with Crippen molar-refractivity contribution < 1.29 is 4.52 Å². The van der Waals surface area contributed by atoms with Gasteiger partial charge in [-0.15, -0.1) is 0 Å². The van der Waals surface area contributed by atoms with Crippen molar-refractivity contribution in [3.05, 3.63) is 27.8 Å². The summed E-state index contributed by atoms with van der Waals surface area (Å²) in [5.41, 5.74) is 1.24. The van der Waals surface area contributed by atoms with Crippen LogP contribution >= 0.6 is 0 Å². The summed E-state index contributed by atoms with van der Waals surface area (Å²) in [6, 6.07) is 0. The van der Waals surface area contributed by atoms with Gasteiger partial charge in [0.05, 0.1) is 0 Å². The quantitative estimate of drug-likeness (QED) is 0.900. The molecule has 1 saturated carbocycles. The van der Waals surface area contributed by atoms with Gasteiger partial charge >= 0.3 is 5.69 Å². The van der Waals surface area contributed by atoms with Gasteiger partial charge in [0.1, 0.15) is 17.2 Å². The number of hydrogen-bond acceptors (Lipinski definition) is 4. The van der Waals surface area contributed by atoms with Crippen LogP contribution < -0.4 is 5.69 Å². The highest BCUT2D eigenvalue weighted by Gasteiger charge is 2.25. The molecule has 0 spiro atoms. The number of nitrogens with one attached hydrogen (secondary N) is 1. The number of H-pyrrole nitrogens is 1. The second-order valence-corrected chi connectivity index (χ2v) is 5.23. The van der Waals surface area contributed by atoms with Crippen LogP contribution in [0.15, 0.2) is 9.32 Å². The number of rotatable bonds is 2. The average molecular weight is 262 g/mol. The minimum Gasteiger partial charge on any atom is -0.359 e. The van der Waals surface area contributed by atoms with Crippen LogP contribution in [0.2, 0.25) is 0 Å². The van der Waals surface area contributed by atoms with Crippen molar-refractivity contribution in [2.75, 3.05) is 0 Å². The summed E-state index contributed by atoms with van der Waals surface area (Å²) < 4.78 is 6.80. The first-order chi connectivity index (χ1) is 9.18. The van der Waals surface area contributed by atoms with Gasteiger partial charge in [-0.3, -0.25) is 0 Å². The van der Waals surface area contributed by atoms with Gasteiger partial charge in [0.15, 0.2) is 5.76 Å². The summed E-state index contributed by atoms with van der Waals surface area (Å²) in [6.07, 6.45) is 5.86. The Labute approximate surface area is 110 Å². The van der Waals surface area contributed by atoms with Crippen molar-refractivity contribution in [2.45, 2.75) is 51.9 Å². The Morgan fingerprint density at radius 2 is 2.00 bits per heavy atom. The van der Waals surface area contributed by atoms with E-state index in [2.05, 4.69) is 15.4 Å². The summed E-state index contributed by atoms with van der Waals surface area (Å²) in [5, 5.41) is 10.7. The van der Waals surface area contributed by atoms with Crippen LogP contribution in [-0.4, -0.2) is 19.9 Å². The number of nitrogens with zero attached hydrogens (tertiary/aromatic N) is 3. The van der Waals surface area contributed by atoms with Crippen molar-refractivity contribution in [1.82, 2.24) is 19.9 Å². The monoisotopic (exact) mass is 262 g/mol. The van der Waals surface area contributed by atoms with Crippen LogP contribution in [0.1, 0.15) is 55.3 Å². The smallest absolute Gasteiger partial charge is 0.348 e. The Morgan fingerprint density at radius 3 is 2.63 bits per heavy atom. The third kappa shape index (κ3) is 2.01. The molecule has 0 bridgehead atoms. The topological polar surface area (TPSA) is 76.7 Å². The summed E-state index contributed by atoms with van der Waals surface area (Å²) in [4.78, 5) is 12.1. The van der Waals surface area contributed by atoms with Crippen LogP contribution in [0.5, 0.6) is 0 Å². The predicted molar refractivity (Wildman–Crippen MR) is 69.5 cm³/mol. The van der Waals surface area contributed by atoms with Gasteiger partial charge in [-0.1, -0.05) is 24.4 Å². The van der Waals surface area contributed by atoms with Gasteiger partial charge in [0.25, 0.3) is 0 Å². The molecule has 1 N–H and O–H groups in total.